The summed E-state index contributed by atoms with van der Waals surface area (Å²) in [4.78, 5) is 0. The standard InChI is InChI=1S/C11H11F3O/c1-9-2-4-10(5-3-9)8-15-7-6-11(12,13)14/h2-7H,8H2,1H3/b7-6+. The van der Waals surface area contributed by atoms with Gasteiger partial charge in [-0.3, -0.25) is 0 Å². The van der Waals surface area contributed by atoms with E-state index in [0.717, 1.165) is 11.1 Å². The van der Waals surface area contributed by atoms with Crippen LogP contribution < -0.4 is 0 Å². The van der Waals surface area contributed by atoms with Crippen LogP contribution in [0.3, 0.4) is 0 Å². The van der Waals surface area contributed by atoms with Crippen molar-refractivity contribution in [2.24, 2.45) is 0 Å². The summed E-state index contributed by atoms with van der Waals surface area (Å²) in [5, 5.41) is 0. The van der Waals surface area contributed by atoms with Gasteiger partial charge in [-0.2, -0.15) is 13.2 Å². The summed E-state index contributed by atoms with van der Waals surface area (Å²) in [5.74, 6) is 0. The average Bonchev–Trinajstić information content (AvgIpc) is 2.14. The maximum Gasteiger partial charge on any atom is 0.412 e. The van der Waals surface area contributed by atoms with E-state index in [2.05, 4.69) is 0 Å². The summed E-state index contributed by atoms with van der Waals surface area (Å²) < 4.78 is 39.7. The van der Waals surface area contributed by atoms with Crippen molar-refractivity contribution < 1.29 is 17.9 Å². The van der Waals surface area contributed by atoms with Gasteiger partial charge in [0.25, 0.3) is 0 Å². The largest absolute Gasteiger partial charge is 0.497 e. The van der Waals surface area contributed by atoms with Crippen molar-refractivity contribution in [3.63, 3.8) is 0 Å². The molecule has 0 unspecified atom stereocenters. The number of hydrogen-bond donors (Lipinski definition) is 0. The Kier molecular flexibility index (Phi) is 3.77. The molecule has 0 fully saturated rings. The normalized spacial score (nSPS) is 12.0. The second-order valence-electron chi connectivity index (χ2n) is 3.14. The first-order chi connectivity index (χ1) is 6.97. The molecule has 4 heteroatoms. The molecule has 0 radical (unpaired) electrons. The number of halogens is 3. The number of benzene rings is 1. The summed E-state index contributed by atoms with van der Waals surface area (Å²) in [5.41, 5.74) is 1.94. The number of aryl methyl sites for hydroxylation is 1. The van der Waals surface area contributed by atoms with Crippen molar-refractivity contribution in [1.29, 1.82) is 0 Å². The molecule has 0 aliphatic heterocycles. The van der Waals surface area contributed by atoms with Gasteiger partial charge in [-0.05, 0) is 12.5 Å². The SMILES string of the molecule is Cc1ccc(CO/C=C/C(F)(F)F)cc1. The van der Waals surface area contributed by atoms with Crippen LogP contribution in [0.15, 0.2) is 36.6 Å². The molecule has 0 aliphatic rings. The minimum atomic E-state index is -4.31. The second-order valence-corrected chi connectivity index (χ2v) is 3.14. The average molecular weight is 216 g/mol. The highest BCUT2D eigenvalue weighted by Crippen LogP contribution is 2.16. The Morgan fingerprint density at radius 1 is 1.20 bits per heavy atom. The zero-order valence-corrected chi connectivity index (χ0v) is 8.21. The molecule has 15 heavy (non-hydrogen) atoms. The number of allylic oxidation sites excluding steroid dienone is 1. The predicted molar refractivity (Wildman–Crippen MR) is 51.2 cm³/mol. The topological polar surface area (TPSA) is 9.23 Å². The second kappa shape index (κ2) is 4.87. The molecule has 1 nitrogen and oxygen atoms in total. The van der Waals surface area contributed by atoms with Gasteiger partial charge in [0.1, 0.15) is 6.61 Å². The highest BCUT2D eigenvalue weighted by molar-refractivity contribution is 5.20. The molecule has 0 atom stereocenters. The van der Waals surface area contributed by atoms with Gasteiger partial charge in [-0.1, -0.05) is 29.8 Å². The molecule has 0 heterocycles. The molecular formula is C11H11F3O. The van der Waals surface area contributed by atoms with Gasteiger partial charge in [0.05, 0.1) is 12.3 Å². The zero-order valence-electron chi connectivity index (χ0n) is 8.21. The molecule has 0 bridgehead atoms. The lowest BCUT2D eigenvalue weighted by Crippen LogP contribution is -2.01. The molecule has 0 saturated carbocycles. The predicted octanol–water partition coefficient (Wildman–Crippen LogP) is 3.59. The van der Waals surface area contributed by atoms with E-state index >= 15 is 0 Å². The summed E-state index contributed by atoms with van der Waals surface area (Å²) in [6.45, 7) is 2.08. The van der Waals surface area contributed by atoms with Crippen LogP contribution in [0.1, 0.15) is 11.1 Å². The molecule has 1 rings (SSSR count). The molecule has 0 spiro atoms. The van der Waals surface area contributed by atoms with E-state index in [-0.39, 0.29) is 12.7 Å². The van der Waals surface area contributed by atoms with E-state index in [9.17, 15) is 13.2 Å². The van der Waals surface area contributed by atoms with Crippen LogP contribution in [-0.2, 0) is 11.3 Å². The first-order valence-electron chi connectivity index (χ1n) is 4.39. The minimum absolute atomic E-state index is 0.0706. The van der Waals surface area contributed by atoms with Gasteiger partial charge in [0, 0.05) is 0 Å². The fourth-order valence-electron chi connectivity index (χ4n) is 0.954. The molecule has 82 valence electrons. The quantitative estimate of drug-likeness (QED) is 0.701. The Morgan fingerprint density at radius 3 is 2.33 bits per heavy atom. The molecule has 0 aliphatic carbocycles. The number of rotatable bonds is 3. The molecule has 1 aromatic rings. The summed E-state index contributed by atoms with van der Waals surface area (Å²) in [6.07, 6.45) is -3.58. The molecule has 0 saturated heterocycles. The maximum absolute atomic E-state index is 11.7. The van der Waals surface area contributed by atoms with Crippen molar-refractivity contribution in [2.75, 3.05) is 0 Å². The third kappa shape index (κ3) is 5.10. The monoisotopic (exact) mass is 216 g/mol. The van der Waals surface area contributed by atoms with Crippen LogP contribution in [0, 0.1) is 6.92 Å². The van der Waals surface area contributed by atoms with E-state index in [1.54, 1.807) is 0 Å². The Balaban J connectivity index is 2.38. The van der Waals surface area contributed by atoms with Crippen molar-refractivity contribution in [3.05, 3.63) is 47.7 Å². The smallest absolute Gasteiger partial charge is 0.412 e. The van der Waals surface area contributed by atoms with Gasteiger partial charge in [-0.15, -0.1) is 0 Å². The number of alkyl halides is 3. The highest BCUT2D eigenvalue weighted by Gasteiger charge is 2.22. The van der Waals surface area contributed by atoms with E-state index in [1.807, 2.05) is 31.2 Å². The van der Waals surface area contributed by atoms with Crippen LogP contribution in [0.25, 0.3) is 0 Å². The lowest BCUT2D eigenvalue weighted by molar-refractivity contribution is -0.0817. The summed E-state index contributed by atoms with van der Waals surface area (Å²) in [6, 6.07) is 7.39. The fourth-order valence-corrected chi connectivity index (χ4v) is 0.954. The van der Waals surface area contributed by atoms with Crippen LogP contribution in [0.2, 0.25) is 0 Å². The number of ether oxygens (including phenoxy) is 1. The van der Waals surface area contributed by atoms with Crippen LogP contribution in [-0.4, -0.2) is 6.18 Å². The first-order valence-corrected chi connectivity index (χ1v) is 4.39. The fraction of sp³-hybridized carbons (Fsp3) is 0.273. The highest BCUT2D eigenvalue weighted by atomic mass is 19.4. The van der Waals surface area contributed by atoms with Gasteiger partial charge >= 0.3 is 6.18 Å². The minimum Gasteiger partial charge on any atom is -0.497 e. The molecule has 1 aromatic carbocycles. The molecular weight excluding hydrogens is 205 g/mol. The van der Waals surface area contributed by atoms with Crippen molar-refractivity contribution in [2.45, 2.75) is 19.7 Å². The van der Waals surface area contributed by atoms with Crippen LogP contribution >= 0.6 is 0 Å². The van der Waals surface area contributed by atoms with Crippen molar-refractivity contribution in [3.8, 4) is 0 Å². The third-order valence-electron chi connectivity index (χ3n) is 1.72. The number of hydrogen-bond acceptors (Lipinski definition) is 1. The van der Waals surface area contributed by atoms with Gasteiger partial charge < -0.3 is 4.74 Å². The summed E-state index contributed by atoms with van der Waals surface area (Å²) >= 11 is 0. The van der Waals surface area contributed by atoms with Crippen LogP contribution in [0.5, 0.6) is 0 Å². The summed E-state index contributed by atoms with van der Waals surface area (Å²) in [7, 11) is 0. The Hall–Kier alpha value is -1.45. The van der Waals surface area contributed by atoms with E-state index in [1.165, 1.54) is 0 Å². The van der Waals surface area contributed by atoms with Gasteiger partial charge in [-0.25, -0.2) is 0 Å². The lowest BCUT2D eigenvalue weighted by Gasteiger charge is -2.02. The van der Waals surface area contributed by atoms with Crippen molar-refractivity contribution >= 4 is 0 Å². The Morgan fingerprint density at radius 2 is 1.80 bits per heavy atom. The Bertz CT molecular complexity index is 325. The van der Waals surface area contributed by atoms with E-state index < -0.39 is 6.18 Å². The lowest BCUT2D eigenvalue weighted by atomic mass is 10.2. The first kappa shape index (κ1) is 11.6. The zero-order chi connectivity index (χ0) is 11.3. The van der Waals surface area contributed by atoms with Crippen LogP contribution in [0.4, 0.5) is 13.2 Å². The molecule has 0 aromatic heterocycles. The van der Waals surface area contributed by atoms with E-state index in [0.29, 0.717) is 6.26 Å². The third-order valence-corrected chi connectivity index (χ3v) is 1.72. The van der Waals surface area contributed by atoms with E-state index in [4.69, 9.17) is 4.74 Å². The van der Waals surface area contributed by atoms with Gasteiger partial charge in [0.2, 0.25) is 0 Å². The molecule has 0 N–H and O–H groups in total. The van der Waals surface area contributed by atoms with Crippen molar-refractivity contribution in [1.82, 2.24) is 0 Å². The molecule has 0 amide bonds. The van der Waals surface area contributed by atoms with Gasteiger partial charge in [0.15, 0.2) is 0 Å². The Labute approximate surface area is 86.2 Å². The maximum atomic E-state index is 11.7.